The minimum atomic E-state index is -0.817. The van der Waals surface area contributed by atoms with Crippen LogP contribution in [0, 0.1) is 5.92 Å². The molecule has 22 heavy (non-hydrogen) atoms. The summed E-state index contributed by atoms with van der Waals surface area (Å²) in [5.41, 5.74) is 1.85. The quantitative estimate of drug-likeness (QED) is 0.848. The highest BCUT2D eigenvalue weighted by Crippen LogP contribution is 2.23. The first kappa shape index (κ1) is 15.4. The van der Waals surface area contributed by atoms with Crippen molar-refractivity contribution >= 4 is 28.0 Å². The van der Waals surface area contributed by atoms with Crippen LogP contribution in [-0.2, 0) is 10.8 Å². The molecule has 1 saturated heterocycles. The van der Waals surface area contributed by atoms with E-state index in [1.807, 2.05) is 42.6 Å². The van der Waals surface area contributed by atoms with Gasteiger partial charge >= 0.3 is 0 Å². The standard InChI is InChI=1S/C16H18N2O2S2/c1-12-9-18(7-8-22(20)11-12)16(19)15-17-14(10-21-15)13-5-3-2-4-6-13/h2-6,10,12H,7-9,11H2,1H3/t12-,22+/m0/s1. The van der Waals surface area contributed by atoms with Crippen LogP contribution in [0.1, 0.15) is 16.7 Å². The molecular weight excluding hydrogens is 316 g/mol. The van der Waals surface area contributed by atoms with Crippen LogP contribution in [0.2, 0.25) is 0 Å². The number of amides is 1. The van der Waals surface area contributed by atoms with Crippen molar-refractivity contribution in [2.45, 2.75) is 6.92 Å². The van der Waals surface area contributed by atoms with E-state index < -0.39 is 10.8 Å². The largest absolute Gasteiger partial charge is 0.335 e. The molecule has 0 saturated carbocycles. The van der Waals surface area contributed by atoms with Gasteiger partial charge < -0.3 is 4.90 Å². The summed E-state index contributed by atoms with van der Waals surface area (Å²) in [5.74, 6) is 1.46. The molecule has 3 rings (SSSR count). The maximum absolute atomic E-state index is 12.6. The van der Waals surface area contributed by atoms with Gasteiger partial charge in [0, 0.05) is 46.3 Å². The zero-order valence-corrected chi connectivity index (χ0v) is 14.0. The Labute approximate surface area is 136 Å². The summed E-state index contributed by atoms with van der Waals surface area (Å²) in [6, 6.07) is 9.85. The average Bonchev–Trinajstić information content (AvgIpc) is 2.94. The number of hydrogen-bond acceptors (Lipinski definition) is 4. The van der Waals surface area contributed by atoms with Gasteiger partial charge in [0.2, 0.25) is 0 Å². The van der Waals surface area contributed by atoms with Gasteiger partial charge in [-0.3, -0.25) is 9.00 Å². The molecule has 1 aliphatic rings. The van der Waals surface area contributed by atoms with Gasteiger partial charge in [0.05, 0.1) is 5.69 Å². The lowest BCUT2D eigenvalue weighted by Gasteiger charge is -2.20. The van der Waals surface area contributed by atoms with Crippen molar-refractivity contribution in [3.8, 4) is 11.3 Å². The number of carbonyl (C=O) groups excluding carboxylic acids is 1. The maximum atomic E-state index is 12.6. The van der Waals surface area contributed by atoms with Crippen LogP contribution < -0.4 is 0 Å². The number of carbonyl (C=O) groups is 1. The second-order valence-corrected chi connectivity index (χ2v) is 8.05. The Bertz CT molecular complexity index is 684. The SMILES string of the molecule is C[C@H]1CN(C(=O)c2nc(-c3ccccc3)cs2)CC[S@@](=O)C1. The van der Waals surface area contributed by atoms with Crippen molar-refractivity contribution in [2.24, 2.45) is 5.92 Å². The Morgan fingerprint density at radius 3 is 2.91 bits per heavy atom. The molecule has 0 bridgehead atoms. The minimum absolute atomic E-state index is 0.0436. The van der Waals surface area contributed by atoms with Crippen molar-refractivity contribution < 1.29 is 9.00 Å². The maximum Gasteiger partial charge on any atom is 0.282 e. The third-order valence-corrected chi connectivity index (χ3v) is 6.04. The monoisotopic (exact) mass is 334 g/mol. The van der Waals surface area contributed by atoms with Gasteiger partial charge in [-0.25, -0.2) is 4.98 Å². The van der Waals surface area contributed by atoms with E-state index in [-0.39, 0.29) is 11.8 Å². The van der Waals surface area contributed by atoms with Crippen molar-refractivity contribution in [3.05, 3.63) is 40.7 Å². The smallest absolute Gasteiger partial charge is 0.282 e. The molecule has 1 aromatic heterocycles. The van der Waals surface area contributed by atoms with Crippen LogP contribution in [0.15, 0.2) is 35.7 Å². The van der Waals surface area contributed by atoms with Crippen molar-refractivity contribution in [3.63, 3.8) is 0 Å². The van der Waals surface area contributed by atoms with Gasteiger partial charge in [-0.05, 0) is 5.92 Å². The molecule has 0 N–H and O–H groups in total. The van der Waals surface area contributed by atoms with Gasteiger partial charge in [-0.15, -0.1) is 11.3 Å². The molecule has 0 spiro atoms. The van der Waals surface area contributed by atoms with Gasteiger partial charge in [-0.1, -0.05) is 37.3 Å². The highest BCUT2D eigenvalue weighted by atomic mass is 32.2. The van der Waals surface area contributed by atoms with E-state index in [9.17, 15) is 9.00 Å². The molecule has 1 fully saturated rings. The fraction of sp³-hybridized carbons (Fsp3) is 0.375. The lowest BCUT2D eigenvalue weighted by atomic mass is 10.2. The van der Waals surface area contributed by atoms with E-state index in [4.69, 9.17) is 0 Å². The summed E-state index contributed by atoms with van der Waals surface area (Å²) < 4.78 is 11.7. The summed E-state index contributed by atoms with van der Waals surface area (Å²) in [6.07, 6.45) is 0. The third-order valence-electron chi connectivity index (χ3n) is 3.64. The molecule has 1 aromatic carbocycles. The summed E-state index contributed by atoms with van der Waals surface area (Å²) >= 11 is 1.38. The molecule has 4 nitrogen and oxygen atoms in total. The summed E-state index contributed by atoms with van der Waals surface area (Å²) in [5, 5.41) is 2.43. The zero-order chi connectivity index (χ0) is 15.5. The van der Waals surface area contributed by atoms with Crippen molar-refractivity contribution in [1.82, 2.24) is 9.88 Å². The van der Waals surface area contributed by atoms with Crippen LogP contribution in [-0.4, -0.2) is 44.6 Å². The molecule has 2 atom stereocenters. The molecule has 2 heterocycles. The van der Waals surface area contributed by atoms with E-state index in [2.05, 4.69) is 4.98 Å². The molecule has 6 heteroatoms. The second kappa shape index (κ2) is 6.71. The Hall–Kier alpha value is -1.53. The van der Waals surface area contributed by atoms with Crippen LogP contribution in [0.4, 0.5) is 0 Å². The first-order chi connectivity index (χ1) is 10.6. The molecule has 0 aliphatic carbocycles. The number of aromatic nitrogens is 1. The van der Waals surface area contributed by atoms with Crippen molar-refractivity contribution in [1.29, 1.82) is 0 Å². The first-order valence-electron chi connectivity index (χ1n) is 7.28. The van der Waals surface area contributed by atoms with Gasteiger partial charge in [0.1, 0.15) is 0 Å². The molecule has 1 amide bonds. The zero-order valence-electron chi connectivity index (χ0n) is 12.4. The van der Waals surface area contributed by atoms with Crippen LogP contribution in [0.5, 0.6) is 0 Å². The predicted molar refractivity (Wildman–Crippen MR) is 90.5 cm³/mol. The molecule has 0 radical (unpaired) electrons. The topological polar surface area (TPSA) is 50.3 Å². The fourth-order valence-electron chi connectivity index (χ4n) is 2.57. The summed E-state index contributed by atoms with van der Waals surface area (Å²) in [6.45, 7) is 3.25. The van der Waals surface area contributed by atoms with E-state index in [0.717, 1.165) is 11.3 Å². The number of rotatable bonds is 2. The Morgan fingerprint density at radius 1 is 1.36 bits per heavy atom. The summed E-state index contributed by atoms with van der Waals surface area (Å²) in [7, 11) is -0.817. The van der Waals surface area contributed by atoms with E-state index in [1.54, 1.807) is 4.90 Å². The van der Waals surface area contributed by atoms with Crippen LogP contribution in [0.25, 0.3) is 11.3 Å². The normalized spacial score (nSPS) is 22.3. The first-order valence-corrected chi connectivity index (χ1v) is 9.65. The van der Waals surface area contributed by atoms with Gasteiger partial charge in [-0.2, -0.15) is 0 Å². The van der Waals surface area contributed by atoms with E-state index in [1.165, 1.54) is 11.3 Å². The molecule has 2 aromatic rings. The lowest BCUT2D eigenvalue weighted by Crippen LogP contribution is -2.35. The van der Waals surface area contributed by atoms with E-state index >= 15 is 0 Å². The van der Waals surface area contributed by atoms with Gasteiger partial charge in [0.15, 0.2) is 5.01 Å². The third kappa shape index (κ3) is 3.44. The van der Waals surface area contributed by atoms with Gasteiger partial charge in [0.25, 0.3) is 5.91 Å². The number of nitrogens with zero attached hydrogens (tertiary/aromatic N) is 2. The highest BCUT2D eigenvalue weighted by Gasteiger charge is 2.25. The number of hydrogen-bond donors (Lipinski definition) is 0. The lowest BCUT2D eigenvalue weighted by molar-refractivity contribution is 0.0751. The van der Waals surface area contributed by atoms with E-state index in [0.29, 0.717) is 29.6 Å². The van der Waals surface area contributed by atoms with Crippen LogP contribution >= 0.6 is 11.3 Å². The Balaban J connectivity index is 1.78. The Morgan fingerprint density at radius 2 is 2.14 bits per heavy atom. The minimum Gasteiger partial charge on any atom is -0.335 e. The molecular formula is C16H18N2O2S2. The fourth-order valence-corrected chi connectivity index (χ4v) is 4.69. The van der Waals surface area contributed by atoms with Crippen molar-refractivity contribution in [2.75, 3.05) is 24.6 Å². The number of thiazole rings is 1. The second-order valence-electron chi connectivity index (χ2n) is 5.57. The Kier molecular flexibility index (Phi) is 4.69. The summed E-state index contributed by atoms with van der Waals surface area (Å²) in [4.78, 5) is 18.9. The molecule has 1 aliphatic heterocycles. The highest BCUT2D eigenvalue weighted by molar-refractivity contribution is 7.85. The average molecular weight is 334 g/mol. The molecule has 0 unspecified atom stereocenters. The number of benzene rings is 1. The predicted octanol–water partition coefficient (Wildman–Crippen LogP) is 2.65. The molecule has 116 valence electrons. The van der Waals surface area contributed by atoms with Crippen LogP contribution in [0.3, 0.4) is 0 Å².